The van der Waals surface area contributed by atoms with Crippen LogP contribution in [0, 0.1) is 6.92 Å². The number of carbonyl (C=O) groups excluding carboxylic acids is 1. The number of aryl methyl sites for hydroxylation is 1. The van der Waals surface area contributed by atoms with E-state index in [-0.39, 0.29) is 21.8 Å². The highest BCUT2D eigenvalue weighted by Gasteiger charge is 2.27. The Bertz CT molecular complexity index is 1240. The molecule has 1 amide bonds. The average Bonchev–Trinajstić information content (AvgIpc) is 2.79. The van der Waals surface area contributed by atoms with Gasteiger partial charge in [-0.1, -0.05) is 29.8 Å². The number of rotatable bonds is 9. The van der Waals surface area contributed by atoms with E-state index in [0.29, 0.717) is 12.4 Å². The number of hydrogen-bond acceptors (Lipinski definition) is 5. The lowest BCUT2D eigenvalue weighted by molar-refractivity contribution is -0.114. The van der Waals surface area contributed by atoms with Crippen molar-refractivity contribution < 1.29 is 27.9 Å². The third-order valence-electron chi connectivity index (χ3n) is 4.76. The summed E-state index contributed by atoms with van der Waals surface area (Å²) in [7, 11) is -4.09. The Balaban J connectivity index is 1.96. The van der Waals surface area contributed by atoms with Crippen molar-refractivity contribution in [2.45, 2.75) is 18.7 Å². The number of carboxylic acid groups (broad SMARTS) is 1. The Labute approximate surface area is 192 Å². The molecule has 2 N–H and O–H groups in total. The van der Waals surface area contributed by atoms with E-state index in [0.717, 1.165) is 9.87 Å². The topological polar surface area (TPSA) is 113 Å². The fraction of sp³-hybridized carbons (Fsp3) is 0.167. The molecule has 0 aromatic heterocycles. The minimum absolute atomic E-state index is 0.0284. The van der Waals surface area contributed by atoms with Gasteiger partial charge in [-0.15, -0.1) is 0 Å². The Morgan fingerprint density at radius 1 is 0.970 bits per heavy atom. The number of hydrogen-bond donors (Lipinski definition) is 2. The van der Waals surface area contributed by atoms with Crippen molar-refractivity contribution in [3.05, 3.63) is 83.9 Å². The number of ether oxygens (including phenoxy) is 1. The maximum atomic E-state index is 13.4. The van der Waals surface area contributed by atoms with Gasteiger partial charge >= 0.3 is 5.97 Å². The van der Waals surface area contributed by atoms with Crippen molar-refractivity contribution in [3.63, 3.8) is 0 Å². The number of nitrogens with one attached hydrogen (secondary N) is 1. The molecule has 0 heterocycles. The Morgan fingerprint density at radius 3 is 2.21 bits per heavy atom. The molecule has 3 rings (SSSR count). The van der Waals surface area contributed by atoms with Crippen LogP contribution in [0.4, 0.5) is 11.4 Å². The van der Waals surface area contributed by atoms with Crippen LogP contribution in [0.2, 0.25) is 0 Å². The standard InChI is InChI=1S/C24H24N2O6S/c1-3-32-19-12-10-18(11-13-19)26(33(30,31)20-14-8-17(2)9-15-20)16-23(27)25-22-7-5-4-6-21(22)24(28)29/h4-15H,3,16H2,1-2H3,(H,25,27)(H,28,29). The van der Waals surface area contributed by atoms with Gasteiger partial charge in [0.15, 0.2) is 0 Å². The second-order valence-corrected chi connectivity index (χ2v) is 9.01. The number of nitrogens with zero attached hydrogens (tertiary/aromatic N) is 1. The minimum Gasteiger partial charge on any atom is -0.494 e. The third-order valence-corrected chi connectivity index (χ3v) is 6.55. The summed E-state index contributed by atoms with van der Waals surface area (Å²) in [5.74, 6) is -1.33. The summed E-state index contributed by atoms with van der Waals surface area (Å²) in [6.45, 7) is 3.57. The first-order valence-electron chi connectivity index (χ1n) is 10.2. The summed E-state index contributed by atoms with van der Waals surface area (Å²) in [6, 6.07) is 18.5. The Hall–Kier alpha value is -3.85. The van der Waals surface area contributed by atoms with Crippen LogP contribution in [0.25, 0.3) is 0 Å². The van der Waals surface area contributed by atoms with Gasteiger partial charge in [-0.3, -0.25) is 9.10 Å². The number of benzene rings is 3. The molecule has 0 saturated heterocycles. The van der Waals surface area contributed by atoms with E-state index in [9.17, 15) is 23.1 Å². The molecule has 0 spiro atoms. The molecule has 9 heteroatoms. The summed E-state index contributed by atoms with van der Waals surface area (Å²) in [4.78, 5) is 24.3. The van der Waals surface area contributed by atoms with Crippen LogP contribution in [-0.4, -0.2) is 38.6 Å². The van der Waals surface area contributed by atoms with Crippen LogP contribution in [0.15, 0.2) is 77.7 Å². The van der Waals surface area contributed by atoms with Crippen molar-refractivity contribution in [3.8, 4) is 5.75 Å². The van der Waals surface area contributed by atoms with Crippen LogP contribution >= 0.6 is 0 Å². The van der Waals surface area contributed by atoms with Gasteiger partial charge in [0, 0.05) is 0 Å². The van der Waals surface area contributed by atoms with Gasteiger partial charge in [-0.2, -0.15) is 0 Å². The molecule has 0 unspecified atom stereocenters. The maximum Gasteiger partial charge on any atom is 0.337 e. The second-order valence-electron chi connectivity index (χ2n) is 7.15. The number of aromatic carboxylic acids is 1. The molecule has 0 radical (unpaired) electrons. The first kappa shape index (κ1) is 23.8. The Morgan fingerprint density at radius 2 is 1.61 bits per heavy atom. The van der Waals surface area contributed by atoms with Gasteiger partial charge in [0.25, 0.3) is 10.0 Å². The van der Waals surface area contributed by atoms with E-state index in [4.69, 9.17) is 4.74 Å². The molecule has 172 valence electrons. The molecule has 0 atom stereocenters. The van der Waals surface area contributed by atoms with Crippen LogP contribution in [0.5, 0.6) is 5.75 Å². The zero-order chi connectivity index (χ0) is 24.0. The number of carbonyl (C=O) groups is 2. The average molecular weight is 469 g/mol. The molecule has 8 nitrogen and oxygen atoms in total. The van der Waals surface area contributed by atoms with Crippen LogP contribution < -0.4 is 14.4 Å². The molecule has 3 aromatic rings. The van der Waals surface area contributed by atoms with Gasteiger partial charge in [-0.05, 0) is 62.4 Å². The molecular formula is C24H24N2O6S. The minimum atomic E-state index is -4.09. The summed E-state index contributed by atoms with van der Waals surface area (Å²) < 4.78 is 33.3. The van der Waals surface area contributed by atoms with Crippen LogP contribution in [-0.2, 0) is 14.8 Å². The van der Waals surface area contributed by atoms with Gasteiger partial charge in [0.2, 0.25) is 5.91 Å². The van der Waals surface area contributed by atoms with E-state index < -0.39 is 28.4 Å². The molecule has 3 aromatic carbocycles. The normalized spacial score (nSPS) is 11.0. The smallest absolute Gasteiger partial charge is 0.337 e. The van der Waals surface area contributed by atoms with Gasteiger partial charge in [0.05, 0.1) is 28.4 Å². The largest absolute Gasteiger partial charge is 0.494 e. The van der Waals surface area contributed by atoms with Crippen LogP contribution in [0.1, 0.15) is 22.8 Å². The van der Waals surface area contributed by atoms with Gasteiger partial charge < -0.3 is 15.2 Å². The molecule has 0 aliphatic heterocycles. The molecule has 0 saturated carbocycles. The van der Waals surface area contributed by atoms with E-state index >= 15 is 0 Å². The van der Waals surface area contributed by atoms with E-state index in [1.807, 2.05) is 13.8 Å². The van der Waals surface area contributed by atoms with E-state index in [1.165, 1.54) is 30.3 Å². The van der Waals surface area contributed by atoms with Crippen LogP contribution in [0.3, 0.4) is 0 Å². The quantitative estimate of drug-likeness (QED) is 0.492. The fourth-order valence-corrected chi connectivity index (χ4v) is 4.55. The van der Waals surface area contributed by atoms with Gasteiger partial charge in [0.1, 0.15) is 12.3 Å². The fourth-order valence-electron chi connectivity index (χ4n) is 3.13. The van der Waals surface area contributed by atoms with Crippen molar-refractivity contribution in [1.29, 1.82) is 0 Å². The van der Waals surface area contributed by atoms with Crippen molar-refractivity contribution in [2.24, 2.45) is 0 Å². The predicted molar refractivity (Wildman–Crippen MR) is 125 cm³/mol. The number of carboxylic acids is 1. The number of sulfonamides is 1. The lowest BCUT2D eigenvalue weighted by atomic mass is 10.2. The van der Waals surface area contributed by atoms with Gasteiger partial charge in [-0.25, -0.2) is 13.2 Å². The summed E-state index contributed by atoms with van der Waals surface area (Å²) in [5, 5.41) is 11.8. The van der Waals surface area contributed by atoms with Crippen molar-refractivity contribution >= 4 is 33.3 Å². The summed E-state index contributed by atoms with van der Waals surface area (Å²) in [6.07, 6.45) is 0. The maximum absolute atomic E-state index is 13.4. The van der Waals surface area contributed by atoms with Crippen molar-refractivity contribution in [1.82, 2.24) is 0 Å². The Kier molecular flexibility index (Phi) is 7.34. The molecule has 0 bridgehead atoms. The lowest BCUT2D eigenvalue weighted by Crippen LogP contribution is -2.38. The SMILES string of the molecule is CCOc1ccc(N(CC(=O)Nc2ccccc2C(=O)O)S(=O)(=O)c2ccc(C)cc2)cc1. The number of anilines is 2. The lowest BCUT2D eigenvalue weighted by Gasteiger charge is -2.24. The molecular weight excluding hydrogens is 444 g/mol. The first-order chi connectivity index (χ1) is 15.7. The van der Waals surface area contributed by atoms with Crippen molar-refractivity contribution in [2.75, 3.05) is 22.8 Å². The zero-order valence-electron chi connectivity index (χ0n) is 18.2. The monoisotopic (exact) mass is 468 g/mol. The summed E-state index contributed by atoms with van der Waals surface area (Å²) >= 11 is 0. The van der Waals surface area contributed by atoms with E-state index in [1.54, 1.807) is 42.5 Å². The third kappa shape index (κ3) is 5.69. The first-order valence-corrected chi connectivity index (χ1v) is 11.6. The highest BCUT2D eigenvalue weighted by molar-refractivity contribution is 7.92. The molecule has 0 aliphatic rings. The van der Waals surface area contributed by atoms with E-state index in [2.05, 4.69) is 5.32 Å². The number of amides is 1. The highest BCUT2D eigenvalue weighted by Crippen LogP contribution is 2.26. The summed E-state index contributed by atoms with van der Waals surface area (Å²) in [5.41, 5.74) is 1.14. The molecule has 33 heavy (non-hydrogen) atoms. The second kappa shape index (κ2) is 10.2. The predicted octanol–water partition coefficient (Wildman–Crippen LogP) is 3.93. The molecule has 0 aliphatic carbocycles. The number of para-hydroxylation sites is 1. The molecule has 0 fully saturated rings. The zero-order valence-corrected chi connectivity index (χ0v) is 19.0. The highest BCUT2D eigenvalue weighted by atomic mass is 32.2.